The van der Waals surface area contributed by atoms with Crippen LogP contribution in [0.5, 0.6) is 0 Å². The molecule has 2 aromatic rings. The Balaban J connectivity index is 2.42. The molecule has 0 aliphatic heterocycles. The molecule has 0 aromatic heterocycles. The van der Waals surface area contributed by atoms with E-state index in [4.69, 9.17) is 12.7 Å². The summed E-state index contributed by atoms with van der Waals surface area (Å²) in [6, 6.07) is 19.1. The summed E-state index contributed by atoms with van der Waals surface area (Å²) in [5, 5.41) is 1.59. The smallest absolute Gasteiger partial charge is 0.395 e. The molecule has 7 heteroatoms. The molecule has 1 unspecified atom stereocenters. The monoisotopic (exact) mass is 390 g/mol. The van der Waals surface area contributed by atoms with Crippen molar-refractivity contribution in [3.05, 3.63) is 72.9 Å². The van der Waals surface area contributed by atoms with Crippen LogP contribution in [-0.2, 0) is 12.7 Å². The van der Waals surface area contributed by atoms with Crippen LogP contribution in [0.15, 0.2) is 72.9 Å². The fraction of sp³-hybridized carbons (Fsp3) is 0.222. The highest BCUT2D eigenvalue weighted by Crippen LogP contribution is 2.20. The Morgan fingerprint density at radius 2 is 1.28 bits per heavy atom. The molecule has 2 aromatic carbocycles. The first kappa shape index (κ1) is 20.0. The normalized spacial score (nSPS) is 14.8. The van der Waals surface area contributed by atoms with Gasteiger partial charge in [-0.2, -0.15) is 0 Å². The Morgan fingerprint density at radius 1 is 0.840 bits per heavy atom. The molecule has 0 amide bonds. The topological polar surface area (TPSA) is 47.9 Å². The zero-order chi connectivity index (χ0) is 18.6. The van der Waals surface area contributed by atoms with E-state index in [1.165, 1.54) is 0 Å². The molecule has 0 saturated carbocycles. The minimum Gasteiger partial charge on any atom is -0.412 e. The Morgan fingerprint density at radius 3 is 1.64 bits per heavy atom. The third kappa shape index (κ3) is 4.85. The Kier molecular flexibility index (Phi) is 6.33. The Hall–Kier alpha value is -1.33. The van der Waals surface area contributed by atoms with Crippen molar-refractivity contribution in [2.45, 2.75) is 19.6 Å². The lowest BCUT2D eigenvalue weighted by Crippen LogP contribution is -2.67. The number of hydrogen-bond acceptors (Lipinski definition) is 4. The van der Waals surface area contributed by atoms with Crippen LogP contribution in [0.25, 0.3) is 0 Å². The zero-order valence-corrected chi connectivity index (χ0v) is 18.2. The van der Waals surface area contributed by atoms with Crippen LogP contribution in [0.4, 0.5) is 0 Å². The maximum Gasteiger partial charge on any atom is 0.395 e. The van der Waals surface area contributed by atoms with E-state index in [9.17, 15) is 4.80 Å². The van der Waals surface area contributed by atoms with Crippen LogP contribution in [0, 0.1) is 0 Å². The van der Waals surface area contributed by atoms with E-state index in [0.717, 1.165) is 10.4 Å². The van der Waals surface area contributed by atoms with Crippen LogP contribution < -0.4 is 10.4 Å². The van der Waals surface area contributed by atoms with Crippen molar-refractivity contribution in [1.82, 2.24) is 0 Å². The van der Waals surface area contributed by atoms with Gasteiger partial charge < -0.3 is 17.5 Å². The standard InChI is InChI=1S/C18H26O4Si3/c1-6-24(5,20-2)21-23(3,4)22-25(19,17-13-9-7-10-14-17)18-15-11-8-12-16-18/h6-16,19H,1H2,2-5H3. The molecule has 0 aliphatic carbocycles. The first-order valence-electron chi connectivity index (χ1n) is 8.17. The van der Waals surface area contributed by atoms with Gasteiger partial charge >= 0.3 is 25.7 Å². The molecule has 0 saturated heterocycles. The summed E-state index contributed by atoms with van der Waals surface area (Å²) in [6.45, 7) is 9.62. The van der Waals surface area contributed by atoms with E-state index in [-0.39, 0.29) is 0 Å². The number of rotatable bonds is 8. The summed E-state index contributed by atoms with van der Waals surface area (Å²) in [6.07, 6.45) is 0. The molecular formula is C18H26O4Si3. The van der Waals surface area contributed by atoms with Gasteiger partial charge in [-0.1, -0.05) is 66.4 Å². The van der Waals surface area contributed by atoms with Crippen molar-refractivity contribution in [3.8, 4) is 0 Å². The number of hydrogen-bond donors (Lipinski definition) is 1. The third-order valence-electron chi connectivity index (χ3n) is 3.95. The van der Waals surface area contributed by atoms with E-state index in [0.29, 0.717) is 0 Å². The van der Waals surface area contributed by atoms with Gasteiger partial charge in [0.2, 0.25) is 0 Å². The van der Waals surface area contributed by atoms with Crippen LogP contribution >= 0.6 is 0 Å². The summed E-state index contributed by atoms with van der Waals surface area (Å²) in [5.74, 6) is 0. The van der Waals surface area contributed by atoms with Crippen molar-refractivity contribution < 1.29 is 17.5 Å². The summed E-state index contributed by atoms with van der Waals surface area (Å²) < 4.78 is 18.2. The van der Waals surface area contributed by atoms with Crippen molar-refractivity contribution in [1.29, 1.82) is 0 Å². The molecule has 2 rings (SSSR count). The average Bonchev–Trinajstić information content (AvgIpc) is 2.62. The second-order valence-corrected chi connectivity index (χ2v) is 16.1. The largest absolute Gasteiger partial charge is 0.412 e. The highest BCUT2D eigenvalue weighted by Gasteiger charge is 2.47. The number of benzene rings is 2. The fourth-order valence-corrected chi connectivity index (χ4v) is 13.3. The molecule has 0 spiro atoms. The fourth-order valence-electron chi connectivity index (χ4n) is 2.64. The van der Waals surface area contributed by atoms with E-state index in [1.807, 2.05) is 80.3 Å². The minimum absolute atomic E-state index is 0.796. The van der Waals surface area contributed by atoms with E-state index >= 15 is 0 Å². The minimum atomic E-state index is -3.39. The maximum atomic E-state index is 11.7. The lowest BCUT2D eigenvalue weighted by atomic mass is 10.4. The van der Waals surface area contributed by atoms with E-state index < -0.39 is 25.7 Å². The molecule has 134 valence electrons. The summed E-state index contributed by atoms with van der Waals surface area (Å²) in [5.41, 5.74) is 1.73. The highest BCUT2D eigenvalue weighted by atomic mass is 28.5. The molecule has 0 fully saturated rings. The van der Waals surface area contributed by atoms with Crippen molar-refractivity contribution in [2.75, 3.05) is 7.11 Å². The van der Waals surface area contributed by atoms with Crippen molar-refractivity contribution in [3.63, 3.8) is 0 Å². The van der Waals surface area contributed by atoms with Crippen LogP contribution in [0.1, 0.15) is 0 Å². The quantitative estimate of drug-likeness (QED) is 0.703. The first-order valence-corrected chi connectivity index (χ1v) is 15.2. The second-order valence-electron chi connectivity index (χ2n) is 6.40. The van der Waals surface area contributed by atoms with Crippen LogP contribution in [0.3, 0.4) is 0 Å². The van der Waals surface area contributed by atoms with Crippen molar-refractivity contribution >= 4 is 36.1 Å². The second kappa shape index (κ2) is 7.92. The Labute approximate surface area is 153 Å². The van der Waals surface area contributed by atoms with E-state index in [1.54, 1.807) is 12.8 Å². The molecule has 1 N–H and O–H groups in total. The van der Waals surface area contributed by atoms with Gasteiger partial charge in [0.15, 0.2) is 0 Å². The van der Waals surface area contributed by atoms with Crippen LogP contribution in [0.2, 0.25) is 19.6 Å². The van der Waals surface area contributed by atoms with Crippen molar-refractivity contribution in [2.24, 2.45) is 0 Å². The average molecular weight is 391 g/mol. The van der Waals surface area contributed by atoms with E-state index in [2.05, 4.69) is 6.58 Å². The molecule has 0 aliphatic rings. The summed E-state index contributed by atoms with van der Waals surface area (Å²) >= 11 is 0. The zero-order valence-electron chi connectivity index (χ0n) is 15.2. The van der Waals surface area contributed by atoms with Gasteiger partial charge in [-0.3, -0.25) is 0 Å². The molecule has 0 bridgehead atoms. The lowest BCUT2D eigenvalue weighted by molar-refractivity contribution is 0.273. The van der Waals surface area contributed by atoms with Gasteiger partial charge in [-0.15, -0.1) is 6.58 Å². The van der Waals surface area contributed by atoms with Gasteiger partial charge in [0.25, 0.3) is 0 Å². The summed E-state index contributed by atoms with van der Waals surface area (Å²) in [4.78, 5) is 11.7. The van der Waals surface area contributed by atoms with Gasteiger partial charge in [-0.25, -0.2) is 0 Å². The molecule has 1 atom stereocenters. The predicted molar refractivity (Wildman–Crippen MR) is 109 cm³/mol. The van der Waals surface area contributed by atoms with Gasteiger partial charge in [-0.05, 0) is 30.0 Å². The van der Waals surface area contributed by atoms with Gasteiger partial charge in [0.05, 0.1) is 0 Å². The third-order valence-corrected chi connectivity index (χ3v) is 14.5. The van der Waals surface area contributed by atoms with Gasteiger partial charge in [0.1, 0.15) is 0 Å². The van der Waals surface area contributed by atoms with Crippen LogP contribution in [-0.4, -0.2) is 37.6 Å². The lowest BCUT2D eigenvalue weighted by Gasteiger charge is -2.38. The van der Waals surface area contributed by atoms with Gasteiger partial charge in [0, 0.05) is 7.11 Å². The molecule has 25 heavy (non-hydrogen) atoms. The SMILES string of the molecule is C=C[Si](C)(OC)O[Si](C)(C)O[Si](O)(c1ccccc1)c1ccccc1. The predicted octanol–water partition coefficient (Wildman–Crippen LogP) is 2.41. The molecule has 0 radical (unpaired) electrons. The molecule has 0 heterocycles. The maximum absolute atomic E-state index is 11.7. The Bertz CT molecular complexity index is 654. The highest BCUT2D eigenvalue weighted by molar-refractivity contribution is 6.97. The molecule has 4 nitrogen and oxygen atoms in total. The summed E-state index contributed by atoms with van der Waals surface area (Å²) in [7, 11) is -7.00. The molecular weight excluding hydrogens is 364 g/mol. The first-order chi connectivity index (χ1) is 11.7.